The zero-order chi connectivity index (χ0) is 22.1. The summed E-state index contributed by atoms with van der Waals surface area (Å²) in [4.78, 5) is 23.0. The monoisotopic (exact) mass is 414 g/mol. The Morgan fingerprint density at radius 3 is 2.29 bits per heavy atom. The van der Waals surface area contributed by atoms with E-state index >= 15 is 0 Å². The summed E-state index contributed by atoms with van der Waals surface area (Å²) in [6.45, 7) is 10.1. The van der Waals surface area contributed by atoms with Crippen LogP contribution in [0, 0.1) is 20.8 Å². The number of anilines is 3. The largest absolute Gasteiger partial charge is 0.338 e. The quantitative estimate of drug-likeness (QED) is 0.506. The van der Waals surface area contributed by atoms with Gasteiger partial charge in [0.1, 0.15) is 11.3 Å². The molecule has 0 saturated carbocycles. The van der Waals surface area contributed by atoms with E-state index in [9.17, 15) is 4.79 Å². The average molecular weight is 415 g/mol. The number of nitrogens with zero attached hydrogens (tertiary/aromatic N) is 5. The fourth-order valence-corrected chi connectivity index (χ4v) is 3.69. The molecule has 0 atom stereocenters. The van der Waals surface area contributed by atoms with Crippen LogP contribution in [0.5, 0.6) is 0 Å². The van der Waals surface area contributed by atoms with Gasteiger partial charge >= 0.3 is 0 Å². The van der Waals surface area contributed by atoms with Gasteiger partial charge in [0, 0.05) is 30.4 Å². The molecule has 1 amide bonds. The molecule has 2 aromatic carbocycles. The molecule has 0 radical (unpaired) electrons. The Balaban J connectivity index is 1.76. The third-order valence-electron chi connectivity index (χ3n) is 5.28. The Morgan fingerprint density at radius 2 is 1.68 bits per heavy atom. The van der Waals surface area contributed by atoms with E-state index in [1.165, 1.54) is 5.56 Å². The van der Waals surface area contributed by atoms with Gasteiger partial charge in [0.25, 0.3) is 0 Å². The summed E-state index contributed by atoms with van der Waals surface area (Å²) in [5.41, 5.74) is 5.57. The molecule has 4 aromatic rings. The van der Waals surface area contributed by atoms with E-state index in [-0.39, 0.29) is 5.91 Å². The third kappa shape index (κ3) is 3.99. The van der Waals surface area contributed by atoms with Gasteiger partial charge < -0.3 is 10.2 Å². The number of benzene rings is 2. The van der Waals surface area contributed by atoms with E-state index in [1.54, 1.807) is 11.8 Å². The second-order valence-electron chi connectivity index (χ2n) is 7.59. The molecule has 31 heavy (non-hydrogen) atoms. The molecule has 0 aliphatic rings. The lowest BCUT2D eigenvalue weighted by atomic mass is 10.1. The second-order valence-corrected chi connectivity index (χ2v) is 7.59. The summed E-state index contributed by atoms with van der Waals surface area (Å²) < 4.78 is 1.84. The van der Waals surface area contributed by atoms with Crippen molar-refractivity contribution in [1.29, 1.82) is 0 Å². The molecular formula is C24H26N6O. The van der Waals surface area contributed by atoms with E-state index < -0.39 is 0 Å². The molecule has 7 heteroatoms. The zero-order valence-electron chi connectivity index (χ0n) is 18.5. The van der Waals surface area contributed by atoms with Gasteiger partial charge in [0.15, 0.2) is 11.6 Å². The summed E-state index contributed by atoms with van der Waals surface area (Å²) in [7, 11) is 0. The number of hydrogen-bond donors (Lipinski definition) is 1. The molecule has 0 aliphatic carbocycles. The number of fused-ring (bicyclic) bond motifs is 1. The van der Waals surface area contributed by atoms with Crippen LogP contribution in [0.4, 0.5) is 17.2 Å². The Morgan fingerprint density at radius 1 is 1.00 bits per heavy atom. The maximum absolute atomic E-state index is 11.8. The lowest BCUT2D eigenvalue weighted by Crippen LogP contribution is -2.27. The molecular weight excluding hydrogens is 388 g/mol. The number of hydrogen-bond acceptors (Lipinski definition) is 5. The van der Waals surface area contributed by atoms with E-state index in [0.717, 1.165) is 34.0 Å². The summed E-state index contributed by atoms with van der Waals surface area (Å²) >= 11 is 0. The lowest BCUT2D eigenvalue weighted by Gasteiger charge is -2.19. The van der Waals surface area contributed by atoms with E-state index in [2.05, 4.69) is 29.4 Å². The van der Waals surface area contributed by atoms with Crippen molar-refractivity contribution in [3.63, 3.8) is 0 Å². The van der Waals surface area contributed by atoms with Gasteiger partial charge in [-0.05, 0) is 52.0 Å². The van der Waals surface area contributed by atoms with Crippen LogP contribution < -0.4 is 10.2 Å². The van der Waals surface area contributed by atoms with Crippen molar-refractivity contribution in [2.45, 2.75) is 34.6 Å². The Hall–Kier alpha value is -3.74. The molecule has 0 fully saturated rings. The minimum absolute atomic E-state index is 0.0221. The molecule has 0 aliphatic heterocycles. The first-order valence-corrected chi connectivity index (χ1v) is 10.3. The van der Waals surface area contributed by atoms with Gasteiger partial charge in [0.2, 0.25) is 5.91 Å². The molecule has 7 nitrogen and oxygen atoms in total. The van der Waals surface area contributed by atoms with Gasteiger partial charge in [0.05, 0.1) is 5.69 Å². The normalized spacial score (nSPS) is 11.0. The Bertz CT molecular complexity index is 1240. The van der Waals surface area contributed by atoms with E-state index in [4.69, 9.17) is 10.1 Å². The number of nitrogens with one attached hydrogen (secondary N) is 1. The van der Waals surface area contributed by atoms with E-state index in [1.807, 2.05) is 61.7 Å². The van der Waals surface area contributed by atoms with Crippen molar-refractivity contribution in [2.24, 2.45) is 0 Å². The van der Waals surface area contributed by atoms with Crippen LogP contribution in [0.1, 0.15) is 30.9 Å². The average Bonchev–Trinajstić information content (AvgIpc) is 3.04. The standard InChI is InChI=1S/C24H26N6O/c1-6-29(18(5)31)21-13-11-20(12-14-21)26-24-22-16(3)25-17(4)30(22)28-23(27-24)19-9-7-15(2)8-10-19/h7-14H,6H2,1-5H3,(H,26,27,28). The summed E-state index contributed by atoms with van der Waals surface area (Å²) in [5, 5.41) is 8.15. The maximum Gasteiger partial charge on any atom is 0.223 e. The molecule has 158 valence electrons. The van der Waals surface area contributed by atoms with Crippen molar-refractivity contribution in [1.82, 2.24) is 19.6 Å². The number of amides is 1. The van der Waals surface area contributed by atoms with Crippen LogP contribution >= 0.6 is 0 Å². The number of aromatic nitrogens is 4. The summed E-state index contributed by atoms with van der Waals surface area (Å²) in [5.74, 6) is 2.15. The number of carbonyl (C=O) groups is 1. The van der Waals surface area contributed by atoms with Crippen LogP contribution in [0.2, 0.25) is 0 Å². The minimum atomic E-state index is 0.0221. The van der Waals surface area contributed by atoms with Crippen molar-refractivity contribution in [3.8, 4) is 11.4 Å². The molecule has 2 heterocycles. The van der Waals surface area contributed by atoms with Gasteiger partial charge in [-0.25, -0.2) is 14.5 Å². The Labute approximate surface area is 181 Å². The minimum Gasteiger partial charge on any atom is -0.338 e. The predicted octanol–water partition coefficient (Wildman–Crippen LogP) is 4.83. The number of aryl methyl sites for hydroxylation is 3. The highest BCUT2D eigenvalue weighted by Gasteiger charge is 2.16. The highest BCUT2D eigenvalue weighted by molar-refractivity contribution is 5.91. The zero-order valence-corrected chi connectivity index (χ0v) is 18.5. The first kappa shape index (κ1) is 20.5. The molecule has 0 spiro atoms. The van der Waals surface area contributed by atoms with Crippen LogP contribution in [0.25, 0.3) is 16.9 Å². The SMILES string of the molecule is CCN(C(C)=O)c1ccc(Nc2nc(-c3ccc(C)cc3)nn3c(C)nc(C)c23)cc1. The number of imidazole rings is 1. The van der Waals surface area contributed by atoms with Gasteiger partial charge in [-0.2, -0.15) is 0 Å². The number of carbonyl (C=O) groups excluding carboxylic acids is 1. The molecule has 0 unspecified atom stereocenters. The van der Waals surface area contributed by atoms with Crippen molar-refractivity contribution < 1.29 is 4.79 Å². The van der Waals surface area contributed by atoms with Gasteiger partial charge in [-0.1, -0.05) is 29.8 Å². The second kappa shape index (κ2) is 8.18. The van der Waals surface area contributed by atoms with Crippen molar-refractivity contribution in [3.05, 3.63) is 65.6 Å². The van der Waals surface area contributed by atoms with Crippen LogP contribution in [-0.2, 0) is 4.79 Å². The van der Waals surface area contributed by atoms with Gasteiger partial charge in [-0.3, -0.25) is 4.79 Å². The summed E-state index contributed by atoms with van der Waals surface area (Å²) in [6, 6.07) is 15.9. The Kier molecular flexibility index (Phi) is 5.42. The predicted molar refractivity (Wildman–Crippen MR) is 124 cm³/mol. The third-order valence-corrected chi connectivity index (χ3v) is 5.28. The van der Waals surface area contributed by atoms with Crippen LogP contribution in [0.3, 0.4) is 0 Å². The molecule has 0 saturated heterocycles. The van der Waals surface area contributed by atoms with Crippen molar-refractivity contribution in [2.75, 3.05) is 16.8 Å². The maximum atomic E-state index is 11.8. The van der Waals surface area contributed by atoms with E-state index in [0.29, 0.717) is 18.2 Å². The fourth-order valence-electron chi connectivity index (χ4n) is 3.69. The smallest absolute Gasteiger partial charge is 0.223 e. The highest BCUT2D eigenvalue weighted by atomic mass is 16.2. The highest BCUT2D eigenvalue weighted by Crippen LogP contribution is 2.27. The molecule has 4 rings (SSSR count). The number of rotatable bonds is 5. The topological polar surface area (TPSA) is 75.4 Å². The van der Waals surface area contributed by atoms with Crippen LogP contribution in [-0.4, -0.2) is 32.0 Å². The molecule has 0 bridgehead atoms. The first-order chi connectivity index (χ1) is 14.9. The van der Waals surface area contributed by atoms with Crippen molar-refractivity contribution >= 4 is 28.6 Å². The first-order valence-electron chi connectivity index (χ1n) is 10.3. The fraction of sp³-hybridized carbons (Fsp3) is 0.250. The molecule has 2 aromatic heterocycles. The molecule has 1 N–H and O–H groups in total. The lowest BCUT2D eigenvalue weighted by molar-refractivity contribution is -0.116. The van der Waals surface area contributed by atoms with Gasteiger partial charge in [-0.15, -0.1) is 5.10 Å². The summed E-state index contributed by atoms with van der Waals surface area (Å²) in [6.07, 6.45) is 0. The van der Waals surface area contributed by atoms with Crippen LogP contribution in [0.15, 0.2) is 48.5 Å².